The third-order valence-electron chi connectivity index (χ3n) is 3.31. The van der Waals surface area contributed by atoms with Gasteiger partial charge in [-0.1, -0.05) is 32.4 Å². The molecule has 1 rings (SSSR count). The zero-order valence-corrected chi connectivity index (χ0v) is 9.68. The normalized spacial score (nSPS) is 23.1. The molecule has 1 aliphatic rings. The Morgan fingerprint density at radius 1 is 1.50 bits per heavy atom. The minimum absolute atomic E-state index is 0.437. The number of allylic oxidation sites excluding steroid dienone is 2. The van der Waals surface area contributed by atoms with E-state index in [9.17, 15) is 4.79 Å². The van der Waals surface area contributed by atoms with Crippen LogP contribution in [-0.2, 0) is 4.79 Å². The smallest absolute Gasteiger partial charge is 0.120 e. The summed E-state index contributed by atoms with van der Waals surface area (Å²) in [6.45, 7) is 6.96. The lowest BCUT2D eigenvalue weighted by atomic mass is 9.73. The summed E-state index contributed by atoms with van der Waals surface area (Å²) >= 11 is 0. The summed E-state index contributed by atoms with van der Waals surface area (Å²) in [5.41, 5.74) is 1.93. The zero-order valence-electron chi connectivity index (χ0n) is 9.68. The van der Waals surface area contributed by atoms with Gasteiger partial charge in [0.05, 0.1) is 0 Å². The van der Waals surface area contributed by atoms with Crippen molar-refractivity contribution in [3.63, 3.8) is 0 Å². The van der Waals surface area contributed by atoms with E-state index < -0.39 is 0 Å². The molecule has 1 aliphatic carbocycles. The van der Waals surface area contributed by atoms with Crippen LogP contribution in [0.2, 0.25) is 0 Å². The van der Waals surface area contributed by atoms with Crippen LogP contribution in [0.4, 0.5) is 0 Å². The van der Waals surface area contributed by atoms with Gasteiger partial charge in [0.25, 0.3) is 0 Å². The summed E-state index contributed by atoms with van der Waals surface area (Å²) < 4.78 is 0. The highest BCUT2D eigenvalue weighted by Gasteiger charge is 2.25. The molecular formula is C13H22O. The number of rotatable bonds is 3. The van der Waals surface area contributed by atoms with E-state index in [1.807, 2.05) is 0 Å². The predicted octanol–water partition coefficient (Wildman–Crippen LogP) is 3.74. The van der Waals surface area contributed by atoms with Crippen LogP contribution in [0.5, 0.6) is 0 Å². The van der Waals surface area contributed by atoms with E-state index in [2.05, 4.69) is 26.8 Å². The third kappa shape index (κ3) is 3.28. The van der Waals surface area contributed by atoms with E-state index in [-0.39, 0.29) is 0 Å². The Kier molecular flexibility index (Phi) is 3.91. The molecule has 1 heteroatoms. The summed E-state index contributed by atoms with van der Waals surface area (Å²) in [7, 11) is 0. The van der Waals surface area contributed by atoms with Crippen molar-refractivity contribution in [3.8, 4) is 0 Å². The van der Waals surface area contributed by atoms with Gasteiger partial charge in [-0.3, -0.25) is 0 Å². The van der Waals surface area contributed by atoms with Gasteiger partial charge in [0, 0.05) is 6.42 Å². The molecule has 0 fully saturated rings. The summed E-state index contributed by atoms with van der Waals surface area (Å²) in [4.78, 5) is 10.2. The molecule has 0 aromatic heterocycles. The van der Waals surface area contributed by atoms with Crippen molar-refractivity contribution in [2.24, 2.45) is 11.3 Å². The van der Waals surface area contributed by atoms with E-state index in [0.29, 0.717) is 11.8 Å². The summed E-state index contributed by atoms with van der Waals surface area (Å²) in [6.07, 6.45) is 8.79. The van der Waals surface area contributed by atoms with Crippen molar-refractivity contribution in [2.45, 2.75) is 52.9 Å². The Bertz CT molecular complexity index is 220. The van der Waals surface area contributed by atoms with Gasteiger partial charge in [-0.15, -0.1) is 0 Å². The standard InChI is InChI=1S/C13H22O/c1-13(2,3)12-8-6-11(7-9-12)5-4-10-14/h6,10,12H,4-5,7-9H2,1-3H3. The van der Waals surface area contributed by atoms with Crippen molar-refractivity contribution in [1.82, 2.24) is 0 Å². The molecule has 0 heterocycles. The largest absolute Gasteiger partial charge is 0.303 e. The van der Waals surface area contributed by atoms with E-state index in [1.54, 1.807) is 0 Å². The first-order valence-corrected chi connectivity index (χ1v) is 5.65. The first-order chi connectivity index (χ1) is 6.54. The first-order valence-electron chi connectivity index (χ1n) is 5.65. The second-order valence-electron chi connectivity index (χ2n) is 5.41. The highest BCUT2D eigenvalue weighted by molar-refractivity contribution is 5.49. The Morgan fingerprint density at radius 3 is 2.64 bits per heavy atom. The van der Waals surface area contributed by atoms with Crippen LogP contribution in [0.25, 0.3) is 0 Å². The fourth-order valence-corrected chi connectivity index (χ4v) is 2.15. The molecule has 0 aromatic carbocycles. The highest BCUT2D eigenvalue weighted by atomic mass is 16.1. The van der Waals surface area contributed by atoms with Crippen molar-refractivity contribution in [1.29, 1.82) is 0 Å². The van der Waals surface area contributed by atoms with Gasteiger partial charge in [-0.2, -0.15) is 0 Å². The molecule has 0 saturated carbocycles. The van der Waals surface area contributed by atoms with E-state index in [0.717, 1.165) is 18.6 Å². The van der Waals surface area contributed by atoms with Gasteiger partial charge >= 0.3 is 0 Å². The predicted molar refractivity (Wildman–Crippen MR) is 60.2 cm³/mol. The summed E-state index contributed by atoms with van der Waals surface area (Å²) in [5, 5.41) is 0. The van der Waals surface area contributed by atoms with Crippen LogP contribution in [0.3, 0.4) is 0 Å². The van der Waals surface area contributed by atoms with Crippen LogP contribution in [0, 0.1) is 11.3 Å². The zero-order chi connectivity index (χ0) is 10.6. The quantitative estimate of drug-likeness (QED) is 0.494. The lowest BCUT2D eigenvalue weighted by molar-refractivity contribution is -0.107. The van der Waals surface area contributed by atoms with Gasteiger partial charge in [-0.25, -0.2) is 0 Å². The molecule has 1 nitrogen and oxygen atoms in total. The molecule has 0 spiro atoms. The van der Waals surface area contributed by atoms with Crippen molar-refractivity contribution < 1.29 is 4.79 Å². The molecule has 0 bridgehead atoms. The van der Waals surface area contributed by atoms with Gasteiger partial charge in [0.2, 0.25) is 0 Å². The van der Waals surface area contributed by atoms with Crippen molar-refractivity contribution in [3.05, 3.63) is 11.6 Å². The van der Waals surface area contributed by atoms with E-state index in [4.69, 9.17) is 0 Å². The maximum Gasteiger partial charge on any atom is 0.120 e. The van der Waals surface area contributed by atoms with E-state index in [1.165, 1.54) is 24.8 Å². The fourth-order valence-electron chi connectivity index (χ4n) is 2.15. The molecular weight excluding hydrogens is 172 g/mol. The Hall–Kier alpha value is -0.590. The molecule has 0 aliphatic heterocycles. The Morgan fingerprint density at radius 2 is 2.21 bits per heavy atom. The Balaban J connectivity index is 2.43. The minimum atomic E-state index is 0.437. The maximum atomic E-state index is 10.2. The van der Waals surface area contributed by atoms with Crippen LogP contribution < -0.4 is 0 Å². The average molecular weight is 194 g/mol. The Labute approximate surface area is 87.6 Å². The van der Waals surface area contributed by atoms with Gasteiger partial charge in [0.1, 0.15) is 6.29 Å². The number of carbonyl (C=O) groups is 1. The van der Waals surface area contributed by atoms with Gasteiger partial charge in [-0.05, 0) is 37.0 Å². The molecule has 0 radical (unpaired) electrons. The second kappa shape index (κ2) is 4.77. The molecule has 14 heavy (non-hydrogen) atoms. The number of aldehydes is 1. The summed E-state index contributed by atoms with van der Waals surface area (Å²) in [6, 6.07) is 0. The minimum Gasteiger partial charge on any atom is -0.303 e. The molecule has 1 atom stereocenters. The lowest BCUT2D eigenvalue weighted by Gasteiger charge is -2.33. The summed E-state index contributed by atoms with van der Waals surface area (Å²) in [5.74, 6) is 0.822. The van der Waals surface area contributed by atoms with E-state index >= 15 is 0 Å². The monoisotopic (exact) mass is 194 g/mol. The second-order valence-corrected chi connectivity index (χ2v) is 5.41. The molecule has 0 N–H and O–H groups in total. The first kappa shape index (κ1) is 11.5. The number of hydrogen-bond donors (Lipinski definition) is 0. The topological polar surface area (TPSA) is 17.1 Å². The number of hydrogen-bond acceptors (Lipinski definition) is 1. The SMILES string of the molecule is CC(C)(C)C1CC=C(CCC=O)CC1. The molecule has 0 amide bonds. The maximum absolute atomic E-state index is 10.2. The fraction of sp³-hybridized carbons (Fsp3) is 0.769. The van der Waals surface area contributed by atoms with Crippen molar-refractivity contribution in [2.75, 3.05) is 0 Å². The average Bonchev–Trinajstić information content (AvgIpc) is 2.14. The molecule has 1 unspecified atom stereocenters. The van der Waals surface area contributed by atoms with Gasteiger partial charge < -0.3 is 4.79 Å². The molecule has 0 saturated heterocycles. The lowest BCUT2D eigenvalue weighted by Crippen LogP contribution is -2.22. The molecule has 80 valence electrons. The number of carbonyl (C=O) groups excluding carboxylic acids is 1. The van der Waals surface area contributed by atoms with Crippen LogP contribution in [0.1, 0.15) is 52.9 Å². The van der Waals surface area contributed by atoms with Crippen LogP contribution in [0.15, 0.2) is 11.6 Å². The van der Waals surface area contributed by atoms with Crippen LogP contribution >= 0.6 is 0 Å². The van der Waals surface area contributed by atoms with Gasteiger partial charge in [0.15, 0.2) is 0 Å². The van der Waals surface area contributed by atoms with Crippen LogP contribution in [-0.4, -0.2) is 6.29 Å². The molecule has 0 aromatic rings. The van der Waals surface area contributed by atoms with Crippen molar-refractivity contribution >= 4 is 6.29 Å². The third-order valence-corrected chi connectivity index (χ3v) is 3.31. The highest BCUT2D eigenvalue weighted by Crippen LogP contribution is 2.37.